The molecule has 0 bridgehead atoms. The molecule has 1 rings (SSSR count). The van der Waals surface area contributed by atoms with Gasteiger partial charge in [0.2, 0.25) is 0 Å². The molecule has 0 aliphatic carbocycles. The van der Waals surface area contributed by atoms with E-state index in [1.807, 2.05) is 0 Å². The van der Waals surface area contributed by atoms with Gasteiger partial charge in [0.05, 0.1) is 6.33 Å². The largest absolute Gasteiger partial charge is 0.480 e. The highest BCUT2D eigenvalue weighted by Gasteiger charge is 2.12. The van der Waals surface area contributed by atoms with Crippen LogP contribution in [0.15, 0.2) is 12.5 Å². The minimum atomic E-state index is -1.04. The van der Waals surface area contributed by atoms with Crippen LogP contribution in [-0.4, -0.2) is 60.4 Å². The summed E-state index contributed by atoms with van der Waals surface area (Å²) in [4.78, 5) is 26.9. The predicted molar refractivity (Wildman–Crippen MR) is 77.1 cm³/mol. The van der Waals surface area contributed by atoms with Crippen molar-refractivity contribution in [2.24, 2.45) is 11.5 Å². The molecule has 9 nitrogen and oxygen atoms in total. The third kappa shape index (κ3) is 9.71. The van der Waals surface area contributed by atoms with Gasteiger partial charge in [0.25, 0.3) is 0 Å². The summed E-state index contributed by atoms with van der Waals surface area (Å²) in [6.07, 6.45) is 5.13. The predicted octanol–water partition coefficient (Wildman–Crippen LogP) is -1.47. The Balaban J connectivity index is 0.000000384. The lowest BCUT2D eigenvalue weighted by Crippen LogP contribution is -2.32. The molecular formula is C11H20N4O5S. The van der Waals surface area contributed by atoms with Gasteiger partial charge >= 0.3 is 11.9 Å². The maximum Gasteiger partial charge on any atom is 0.320 e. The molecule has 0 saturated carbocycles. The lowest BCUT2D eigenvalue weighted by Gasteiger charge is -2.02. The number of nitrogens with two attached hydrogens (primary N) is 2. The highest BCUT2D eigenvalue weighted by Crippen LogP contribution is 1.95. The van der Waals surface area contributed by atoms with E-state index in [1.54, 1.807) is 6.20 Å². The first-order valence-corrected chi connectivity index (χ1v) is 7.70. The number of nitrogens with one attached hydrogen (secondary N) is 1. The molecule has 0 saturated heterocycles. The van der Waals surface area contributed by atoms with Crippen LogP contribution in [0.2, 0.25) is 0 Å². The Hall–Kier alpha value is -1.78. The smallest absolute Gasteiger partial charge is 0.320 e. The topological polar surface area (TPSA) is 172 Å². The number of hydrogen-bond acceptors (Lipinski definition) is 6. The molecule has 0 aromatic carbocycles. The van der Waals surface area contributed by atoms with Gasteiger partial charge in [-0.1, -0.05) is 0 Å². The number of aromatic nitrogens is 2. The summed E-state index contributed by atoms with van der Waals surface area (Å²) >= 11 is 0. The second kappa shape index (κ2) is 10.0. The zero-order chi connectivity index (χ0) is 16.4. The molecule has 0 amide bonds. The van der Waals surface area contributed by atoms with Gasteiger partial charge in [-0.15, -0.1) is 0 Å². The van der Waals surface area contributed by atoms with E-state index in [0.717, 1.165) is 5.69 Å². The summed E-state index contributed by atoms with van der Waals surface area (Å²) in [6, 6.07) is -1.72. The molecule has 0 aliphatic rings. The van der Waals surface area contributed by atoms with E-state index in [2.05, 4.69) is 9.97 Å². The first kappa shape index (κ1) is 19.2. The van der Waals surface area contributed by atoms with Crippen LogP contribution in [0.25, 0.3) is 0 Å². The van der Waals surface area contributed by atoms with E-state index in [1.165, 1.54) is 12.6 Å². The Labute approximate surface area is 124 Å². The van der Waals surface area contributed by atoms with Gasteiger partial charge in [0, 0.05) is 41.1 Å². The number of hydrogen-bond donors (Lipinski definition) is 5. The van der Waals surface area contributed by atoms with Crippen molar-refractivity contribution in [2.45, 2.75) is 24.9 Å². The summed E-state index contributed by atoms with van der Waals surface area (Å²) in [5.74, 6) is -1.68. The van der Waals surface area contributed by atoms with Crippen LogP contribution >= 0.6 is 0 Å². The minimum absolute atomic E-state index is 0.276. The monoisotopic (exact) mass is 320 g/mol. The lowest BCUT2D eigenvalue weighted by molar-refractivity contribution is -0.139. The molecule has 1 aromatic rings. The molecule has 10 heteroatoms. The van der Waals surface area contributed by atoms with Crippen molar-refractivity contribution in [2.75, 3.05) is 12.0 Å². The number of carbonyl (C=O) groups is 2. The van der Waals surface area contributed by atoms with Gasteiger partial charge in [-0.3, -0.25) is 13.8 Å². The van der Waals surface area contributed by atoms with Crippen LogP contribution in [-0.2, 0) is 26.8 Å². The van der Waals surface area contributed by atoms with Crippen LogP contribution in [0.5, 0.6) is 0 Å². The van der Waals surface area contributed by atoms with E-state index in [4.69, 9.17) is 21.7 Å². The number of carboxylic acid groups (broad SMARTS) is 2. The number of nitrogens with zero attached hydrogens (tertiary/aromatic N) is 1. The van der Waals surface area contributed by atoms with Gasteiger partial charge in [-0.05, 0) is 6.42 Å². The fourth-order valence-electron chi connectivity index (χ4n) is 1.14. The maximum atomic E-state index is 10.4. The molecule has 0 spiro atoms. The van der Waals surface area contributed by atoms with Gasteiger partial charge in [-0.2, -0.15) is 0 Å². The molecule has 1 heterocycles. The number of aromatic amines is 1. The van der Waals surface area contributed by atoms with Crippen molar-refractivity contribution in [3.8, 4) is 0 Å². The van der Waals surface area contributed by atoms with Crippen molar-refractivity contribution in [1.82, 2.24) is 9.97 Å². The Morgan fingerprint density at radius 3 is 2.29 bits per heavy atom. The highest BCUT2D eigenvalue weighted by atomic mass is 32.2. The second-order valence-corrected chi connectivity index (χ2v) is 5.79. The highest BCUT2D eigenvalue weighted by molar-refractivity contribution is 7.84. The van der Waals surface area contributed by atoms with Crippen LogP contribution < -0.4 is 11.5 Å². The number of rotatable bonds is 7. The molecule has 0 fully saturated rings. The molecule has 0 aliphatic heterocycles. The fraction of sp³-hybridized carbons (Fsp3) is 0.545. The van der Waals surface area contributed by atoms with Crippen LogP contribution in [0.1, 0.15) is 12.1 Å². The summed E-state index contributed by atoms with van der Waals surface area (Å²) in [7, 11) is -0.946. The van der Waals surface area contributed by atoms with Crippen molar-refractivity contribution >= 4 is 22.7 Å². The van der Waals surface area contributed by atoms with E-state index in [9.17, 15) is 13.8 Å². The normalized spacial score (nSPS) is 14.4. The Bertz CT molecular complexity index is 465. The summed E-state index contributed by atoms with van der Waals surface area (Å²) in [5.41, 5.74) is 11.1. The first-order valence-electron chi connectivity index (χ1n) is 5.98. The maximum absolute atomic E-state index is 10.4. The van der Waals surface area contributed by atoms with Crippen molar-refractivity contribution < 1.29 is 24.0 Å². The quantitative estimate of drug-likeness (QED) is 0.405. The van der Waals surface area contributed by atoms with Crippen molar-refractivity contribution in [3.05, 3.63) is 18.2 Å². The zero-order valence-electron chi connectivity index (χ0n) is 11.6. The van der Waals surface area contributed by atoms with Gasteiger partial charge in [0.1, 0.15) is 12.1 Å². The van der Waals surface area contributed by atoms with E-state index < -0.39 is 34.8 Å². The van der Waals surface area contributed by atoms with E-state index in [0.29, 0.717) is 5.75 Å². The minimum Gasteiger partial charge on any atom is -0.480 e. The average molecular weight is 320 g/mol. The first-order chi connectivity index (χ1) is 9.73. The third-order valence-corrected chi connectivity index (χ3v) is 3.16. The zero-order valence-corrected chi connectivity index (χ0v) is 12.4. The molecular weight excluding hydrogens is 300 g/mol. The summed E-state index contributed by atoms with van der Waals surface area (Å²) < 4.78 is 10.4. The third-order valence-electron chi connectivity index (χ3n) is 2.35. The van der Waals surface area contributed by atoms with Crippen molar-refractivity contribution in [1.29, 1.82) is 0 Å². The molecule has 7 N–H and O–H groups in total. The van der Waals surface area contributed by atoms with Gasteiger partial charge in [-0.25, -0.2) is 4.98 Å². The molecule has 21 heavy (non-hydrogen) atoms. The molecule has 120 valence electrons. The van der Waals surface area contributed by atoms with Crippen LogP contribution in [0, 0.1) is 0 Å². The SMILES string of the molecule is CS(=O)CCC(N)C(=O)O.NC(Cc1cnc[nH]1)C(=O)O. The van der Waals surface area contributed by atoms with Crippen LogP contribution in [0.3, 0.4) is 0 Å². The lowest BCUT2D eigenvalue weighted by atomic mass is 10.2. The Kier molecular flexibility index (Phi) is 9.17. The Morgan fingerprint density at radius 2 is 1.90 bits per heavy atom. The molecule has 1 aromatic heterocycles. The number of carboxylic acids is 2. The Morgan fingerprint density at radius 1 is 1.33 bits per heavy atom. The molecule has 3 unspecified atom stereocenters. The summed E-state index contributed by atoms with van der Waals surface area (Å²) in [5, 5.41) is 16.7. The van der Waals surface area contributed by atoms with Crippen molar-refractivity contribution in [3.63, 3.8) is 0 Å². The van der Waals surface area contributed by atoms with E-state index >= 15 is 0 Å². The van der Waals surface area contributed by atoms with Gasteiger partial charge < -0.3 is 26.7 Å². The second-order valence-electron chi connectivity index (χ2n) is 4.24. The average Bonchev–Trinajstić information content (AvgIpc) is 2.89. The fourth-order valence-corrected chi connectivity index (χ4v) is 1.72. The molecule has 0 radical (unpaired) electrons. The summed E-state index contributed by atoms with van der Waals surface area (Å²) in [6.45, 7) is 0. The molecule has 3 atom stereocenters. The number of imidazole rings is 1. The number of H-pyrrole nitrogens is 1. The number of aliphatic carboxylic acids is 2. The van der Waals surface area contributed by atoms with Crippen LogP contribution in [0.4, 0.5) is 0 Å². The van der Waals surface area contributed by atoms with E-state index in [-0.39, 0.29) is 12.8 Å². The standard InChI is InChI=1S/C6H9N3O2.C5H11NO3S/c7-5(6(10)11)1-4-2-8-3-9-4;1-10(9)3-2-4(6)5(7)8/h2-3,5H,1,7H2,(H,8,9)(H,10,11);4H,2-3,6H2,1H3,(H,7,8). The van der Waals surface area contributed by atoms with Gasteiger partial charge in [0.15, 0.2) is 0 Å².